The lowest BCUT2D eigenvalue weighted by Crippen LogP contribution is -2.65. The predicted octanol–water partition coefficient (Wildman–Crippen LogP) is -13.8. The molecule has 0 bridgehead atoms. The van der Waals surface area contributed by atoms with Gasteiger partial charge in [0, 0.05) is 23.7 Å². The minimum absolute atomic E-state index is 0.504. The molecular weight excluding hydrogens is 1380 g/mol. The van der Waals surface area contributed by atoms with Crippen LogP contribution in [0.25, 0.3) is 0 Å². The quantitative estimate of drug-likeness (QED) is 0.0297. The van der Waals surface area contributed by atoms with Crippen molar-refractivity contribution in [2.45, 2.75) is 287 Å². The zero-order valence-electron chi connectivity index (χ0n) is 56.1. The molecular formula is C60H106O41. The summed E-state index contributed by atoms with van der Waals surface area (Å²) in [7, 11) is 0. The van der Waals surface area contributed by atoms with E-state index in [-0.39, 0.29) is 0 Å². The van der Waals surface area contributed by atoms with Gasteiger partial charge in [0.05, 0.1) is 96.6 Å². The first-order valence-corrected chi connectivity index (χ1v) is 33.7. The van der Waals surface area contributed by atoms with Crippen molar-refractivity contribution in [3.05, 3.63) is 0 Å². The van der Waals surface area contributed by atoms with Gasteiger partial charge in [0.2, 0.25) is 0 Å². The smallest absolute Gasteiger partial charge is 0.187 e. The van der Waals surface area contributed by atoms with Crippen molar-refractivity contribution in [2.24, 2.45) is 23.7 Å². The Kier molecular flexibility index (Phi) is 31.7. The predicted molar refractivity (Wildman–Crippen MR) is 320 cm³/mol. The first kappa shape index (κ1) is 85.0. The highest BCUT2D eigenvalue weighted by Crippen LogP contribution is 2.40. The molecule has 24 N–H and O–H groups in total. The summed E-state index contributed by atoms with van der Waals surface area (Å²) in [6, 6.07) is 0. The van der Waals surface area contributed by atoms with Crippen molar-refractivity contribution in [3.8, 4) is 0 Å². The molecule has 0 aromatic heterocycles. The van der Waals surface area contributed by atoms with Crippen LogP contribution in [0.1, 0.15) is 41.5 Å². The normalized spacial score (nSPS) is 50.0. The van der Waals surface area contributed by atoms with Crippen molar-refractivity contribution >= 4 is 0 Å². The molecule has 0 amide bonds. The Bertz CT molecular complexity index is 2410. The molecule has 8 aliphatic rings. The van der Waals surface area contributed by atoms with Gasteiger partial charge in [-0.1, -0.05) is 27.7 Å². The maximum atomic E-state index is 12.4. The first-order chi connectivity index (χ1) is 47.8. The number of aliphatic hydroxyl groups is 24. The zero-order valence-corrected chi connectivity index (χ0v) is 56.1. The number of rotatable bonds is 30. The Morgan fingerprint density at radius 2 is 0.574 bits per heavy atom. The molecule has 0 radical (unpaired) electrons. The summed E-state index contributed by atoms with van der Waals surface area (Å²) >= 11 is 0. The van der Waals surface area contributed by atoms with Gasteiger partial charge in [0.25, 0.3) is 0 Å². The Morgan fingerprint density at radius 1 is 0.287 bits per heavy atom. The number of aliphatic hydroxyl groups excluding tert-OH is 24. The molecule has 0 aliphatic carbocycles. The Labute approximate surface area is 578 Å². The third kappa shape index (κ3) is 18.8. The minimum atomic E-state index is -2.15. The second-order valence-corrected chi connectivity index (χ2v) is 27.1. The summed E-state index contributed by atoms with van der Waals surface area (Å²) < 4.78 is 101. The van der Waals surface area contributed by atoms with Crippen LogP contribution >= 0.6 is 0 Å². The standard InChI is InChI=1S/C60H106O41/c1-17-22(6)87-28(11-65)47(33(17)71)96-53-18(2)34(72)48(29(12-66)92-53)97-56(21(5)69)95-32(16-86-60-52(44(82)40(78)27(10-64)91-60)101-55-20(4)36(74)50(31(14-68)94-55)99-58-46(84)42(80)38(76)25(8-62)89-58)23(70)15-85-59-51(43(81)39(77)26(9-63)90-59)100-54-19(3)35(73)49(30(13-67)93-54)98-57-45(83)41(79)37(75)24(7-61)88-57/h17-84H,7-16H2,1-6H3/t17?,18?,19-,20?,21+,22-,23-,24?,25?,26+,27?,28?,29?,30?,31-,32?,33?,34?,35?,36?,37?,38-,39+,40+,41+,42?,43?,44?,45-,46-,47+,48+,49+,50+,51?,52+,53-,54-,55-,56-,57-,58-,59-,60-/m0/s1. The average molecular weight is 1480 g/mol. The first-order valence-electron chi connectivity index (χ1n) is 33.7. The fraction of sp³-hybridized carbons (Fsp3) is 1.00. The SMILES string of the molecule is CC1C(O)[C@H](O[C@H](OC(CO[C@H]2OC(CO)[C@@H](O)C(O)[C@H]2O[C@@H]2O[C@@H](CO)[C@@H](O[C@@H]3OC(CO)[C@H](O)C(O)[C@@H]3O)C(O)C2C)[C@@H](O)CO[C@H]2O[C@H](CO)[C@@H](O)C(O)C2O[C@@H]2OC(CO)[C@@H](O[C@@H]3OC(CO)C(O)[C@@H](O)[C@@H]3O)C(O)[C@@H]2C)[C@@H](C)O)C(CO)O[C@H]1O[C@@H]1C(CO)O[C@@H](C)C(C)C1O. The Balaban J connectivity index is 1.05. The van der Waals surface area contributed by atoms with Gasteiger partial charge < -0.3 is 203 Å². The van der Waals surface area contributed by atoms with E-state index in [1.54, 1.807) is 13.8 Å². The van der Waals surface area contributed by atoms with Crippen LogP contribution in [0, 0.1) is 23.7 Å². The van der Waals surface area contributed by atoms with Gasteiger partial charge in [0.1, 0.15) is 165 Å². The van der Waals surface area contributed by atoms with Crippen molar-refractivity contribution in [1.82, 2.24) is 0 Å². The summed E-state index contributed by atoms with van der Waals surface area (Å²) in [5, 5.41) is 261. The second kappa shape index (κ2) is 37.7. The van der Waals surface area contributed by atoms with E-state index in [4.69, 9.17) is 80.5 Å². The van der Waals surface area contributed by atoms with E-state index in [2.05, 4.69) is 0 Å². The summed E-state index contributed by atoms with van der Waals surface area (Å²) in [6.45, 7) is -0.479. The zero-order chi connectivity index (χ0) is 74.5. The molecule has 0 aromatic rings. The molecule has 0 aromatic carbocycles. The van der Waals surface area contributed by atoms with Gasteiger partial charge in [-0.2, -0.15) is 0 Å². The molecule has 0 spiro atoms. The molecule has 101 heavy (non-hydrogen) atoms. The van der Waals surface area contributed by atoms with Crippen LogP contribution in [0.5, 0.6) is 0 Å². The molecule has 44 atom stereocenters. The van der Waals surface area contributed by atoms with Crippen molar-refractivity contribution in [1.29, 1.82) is 0 Å². The van der Waals surface area contributed by atoms with E-state index >= 15 is 0 Å². The molecule has 41 heteroatoms. The summed E-state index contributed by atoms with van der Waals surface area (Å²) in [6.07, 6.45) is -68.6. The van der Waals surface area contributed by atoms with E-state index in [9.17, 15) is 123 Å². The molecule has 8 heterocycles. The van der Waals surface area contributed by atoms with Crippen LogP contribution in [0.3, 0.4) is 0 Å². The van der Waals surface area contributed by atoms with Gasteiger partial charge in [-0.25, -0.2) is 0 Å². The monoisotopic (exact) mass is 1480 g/mol. The van der Waals surface area contributed by atoms with Gasteiger partial charge >= 0.3 is 0 Å². The van der Waals surface area contributed by atoms with E-state index in [0.717, 1.165) is 6.92 Å². The molecule has 8 aliphatic heterocycles. The van der Waals surface area contributed by atoms with Gasteiger partial charge in [-0.05, 0) is 13.8 Å². The van der Waals surface area contributed by atoms with Crippen molar-refractivity contribution < 1.29 is 203 Å². The van der Waals surface area contributed by atoms with E-state index in [1.807, 2.05) is 0 Å². The fourth-order valence-electron chi connectivity index (χ4n) is 13.3. The molecule has 8 fully saturated rings. The summed E-state index contributed by atoms with van der Waals surface area (Å²) in [5.74, 6) is -4.14. The van der Waals surface area contributed by atoms with Crippen LogP contribution in [0.4, 0.5) is 0 Å². The third-order valence-corrected chi connectivity index (χ3v) is 20.1. The second-order valence-electron chi connectivity index (χ2n) is 27.1. The van der Waals surface area contributed by atoms with Crippen LogP contribution in [-0.4, -0.2) is 434 Å². The van der Waals surface area contributed by atoms with Gasteiger partial charge in [0.15, 0.2) is 50.3 Å². The maximum Gasteiger partial charge on any atom is 0.187 e. The highest BCUT2D eigenvalue weighted by molar-refractivity contribution is 5.00. The molecule has 592 valence electrons. The Morgan fingerprint density at radius 3 is 0.941 bits per heavy atom. The molecule has 8 saturated heterocycles. The lowest BCUT2D eigenvalue weighted by Gasteiger charge is -2.49. The average Bonchev–Trinajstić information content (AvgIpc) is 0.787. The lowest BCUT2D eigenvalue weighted by atomic mass is 9.88. The Hall–Kier alpha value is -1.64. The topological polar surface area (TPSA) is 642 Å². The molecule has 19 unspecified atom stereocenters. The fourth-order valence-corrected chi connectivity index (χ4v) is 13.3. The van der Waals surface area contributed by atoms with Crippen molar-refractivity contribution in [2.75, 3.05) is 66.1 Å². The van der Waals surface area contributed by atoms with Crippen molar-refractivity contribution in [3.63, 3.8) is 0 Å². The summed E-state index contributed by atoms with van der Waals surface area (Å²) in [4.78, 5) is 0. The van der Waals surface area contributed by atoms with Crippen LogP contribution < -0.4 is 0 Å². The van der Waals surface area contributed by atoms with E-state index in [1.165, 1.54) is 20.8 Å². The highest BCUT2D eigenvalue weighted by Gasteiger charge is 2.57. The summed E-state index contributed by atoms with van der Waals surface area (Å²) in [5.41, 5.74) is 0. The number of hydrogen-bond acceptors (Lipinski definition) is 41. The van der Waals surface area contributed by atoms with E-state index < -0.39 is 335 Å². The molecule has 41 nitrogen and oxygen atoms in total. The van der Waals surface area contributed by atoms with Gasteiger partial charge in [-0.3, -0.25) is 0 Å². The van der Waals surface area contributed by atoms with Crippen LogP contribution in [0.2, 0.25) is 0 Å². The highest BCUT2D eigenvalue weighted by atomic mass is 16.8. The van der Waals surface area contributed by atoms with Gasteiger partial charge in [-0.15, -0.1) is 0 Å². The van der Waals surface area contributed by atoms with Crippen LogP contribution in [-0.2, 0) is 80.5 Å². The minimum Gasteiger partial charge on any atom is -0.394 e. The van der Waals surface area contributed by atoms with Crippen LogP contribution in [0.15, 0.2) is 0 Å². The maximum absolute atomic E-state index is 12.4. The third-order valence-electron chi connectivity index (χ3n) is 20.1. The number of hydrogen-bond donors (Lipinski definition) is 24. The largest absolute Gasteiger partial charge is 0.394 e. The van der Waals surface area contributed by atoms with E-state index in [0.29, 0.717) is 0 Å². The molecule has 8 rings (SSSR count). The lowest BCUT2D eigenvalue weighted by molar-refractivity contribution is -0.382. The number of ether oxygens (including phenoxy) is 17. The molecule has 0 saturated carbocycles.